The first-order chi connectivity index (χ1) is 28.7. The van der Waals surface area contributed by atoms with Gasteiger partial charge in [0.15, 0.2) is 0 Å². The van der Waals surface area contributed by atoms with E-state index < -0.39 is 20.2 Å². The van der Waals surface area contributed by atoms with Gasteiger partial charge >= 0.3 is 365 Å². The zero-order chi connectivity index (χ0) is 41.5. The summed E-state index contributed by atoms with van der Waals surface area (Å²) in [5, 5.41) is 5.15. The maximum atomic E-state index is 2.63. The molecule has 3 nitrogen and oxygen atoms in total. The Morgan fingerprint density at radius 1 is 0.333 bits per heavy atom. The van der Waals surface area contributed by atoms with E-state index in [4.69, 9.17) is 0 Å². The van der Waals surface area contributed by atoms with E-state index in [2.05, 4.69) is 229 Å². The molecule has 0 bridgehead atoms. The van der Waals surface area contributed by atoms with Crippen molar-refractivity contribution in [3.8, 4) is 0 Å². The number of benzene rings is 8. The van der Waals surface area contributed by atoms with Gasteiger partial charge in [0, 0.05) is 0 Å². The number of rotatable bonds is 3. The van der Waals surface area contributed by atoms with Crippen LogP contribution in [0.1, 0.15) is 79.0 Å². The number of hydrogen-bond acceptors (Lipinski definition) is 3. The summed E-state index contributed by atoms with van der Waals surface area (Å²) in [7, 11) is 0. The summed E-state index contributed by atoms with van der Waals surface area (Å²) in [6.07, 6.45) is 0. The van der Waals surface area contributed by atoms with Crippen LogP contribution in [0.15, 0.2) is 152 Å². The summed E-state index contributed by atoms with van der Waals surface area (Å²) in [5.41, 5.74) is 15.8. The molecular formula is C56H52N3Sb. The third-order valence-corrected chi connectivity index (χ3v) is 20.7. The number of nitrogens with zero attached hydrogens (tertiary/aromatic N) is 3. The summed E-state index contributed by atoms with van der Waals surface area (Å²) in [5.74, 6) is 0. The van der Waals surface area contributed by atoms with Crippen molar-refractivity contribution in [3.63, 3.8) is 0 Å². The van der Waals surface area contributed by atoms with Gasteiger partial charge in [-0.3, -0.25) is 0 Å². The monoisotopic (exact) mass is 887 g/mol. The van der Waals surface area contributed by atoms with Crippen LogP contribution in [0.4, 0.5) is 51.2 Å². The second-order valence-corrected chi connectivity index (χ2v) is 25.7. The molecule has 8 aromatic rings. The first-order valence-corrected chi connectivity index (χ1v) is 25.3. The summed E-state index contributed by atoms with van der Waals surface area (Å²) in [6.45, 7) is 20.7. The van der Waals surface area contributed by atoms with Gasteiger partial charge in [0.05, 0.1) is 0 Å². The second-order valence-electron chi connectivity index (χ2n) is 20.0. The summed E-state index contributed by atoms with van der Waals surface area (Å²) in [4.78, 5) is 7.89. The van der Waals surface area contributed by atoms with Crippen molar-refractivity contribution in [2.75, 3.05) is 14.7 Å². The molecule has 0 unspecified atom stereocenters. The molecule has 0 spiro atoms. The van der Waals surface area contributed by atoms with Crippen LogP contribution < -0.4 is 25.2 Å². The molecule has 3 aliphatic rings. The van der Waals surface area contributed by atoms with E-state index in [0.717, 1.165) is 0 Å². The number of hydrogen-bond donors (Lipinski definition) is 0. The average Bonchev–Trinajstić information content (AvgIpc) is 3.23. The van der Waals surface area contributed by atoms with Crippen LogP contribution in [-0.2, 0) is 16.2 Å². The molecule has 0 radical (unpaired) electrons. The van der Waals surface area contributed by atoms with Crippen molar-refractivity contribution in [3.05, 3.63) is 168 Å². The van der Waals surface area contributed by atoms with E-state index in [9.17, 15) is 0 Å². The first-order valence-electron chi connectivity index (χ1n) is 21.5. The summed E-state index contributed by atoms with van der Waals surface area (Å²) < 4.78 is 4.63. The third kappa shape index (κ3) is 5.54. The molecule has 0 aliphatic carbocycles. The van der Waals surface area contributed by atoms with Crippen molar-refractivity contribution in [1.82, 2.24) is 0 Å². The Labute approximate surface area is 362 Å². The van der Waals surface area contributed by atoms with Crippen LogP contribution in [0.5, 0.6) is 0 Å². The molecule has 296 valence electrons. The van der Waals surface area contributed by atoms with Crippen molar-refractivity contribution in [1.29, 1.82) is 0 Å². The van der Waals surface area contributed by atoms with Crippen LogP contribution in [0.3, 0.4) is 0 Å². The fourth-order valence-electron chi connectivity index (χ4n) is 9.80. The van der Waals surface area contributed by atoms with E-state index in [1.54, 1.807) is 7.02 Å². The van der Waals surface area contributed by atoms with Crippen molar-refractivity contribution < 1.29 is 0 Å². The molecule has 0 aromatic heterocycles. The van der Waals surface area contributed by atoms with E-state index in [0.29, 0.717) is 0 Å². The van der Waals surface area contributed by atoms with E-state index >= 15 is 0 Å². The number of anilines is 9. The van der Waals surface area contributed by atoms with Crippen LogP contribution in [0.25, 0.3) is 21.5 Å². The van der Waals surface area contributed by atoms with Gasteiger partial charge < -0.3 is 0 Å². The van der Waals surface area contributed by atoms with Gasteiger partial charge in [-0.2, -0.15) is 0 Å². The Kier molecular flexibility index (Phi) is 8.12. The molecule has 60 heavy (non-hydrogen) atoms. The Morgan fingerprint density at radius 2 is 0.683 bits per heavy atom. The second kappa shape index (κ2) is 13.0. The van der Waals surface area contributed by atoms with Gasteiger partial charge in [-0.25, -0.2) is 0 Å². The molecule has 3 aliphatic heterocycles. The SMILES string of the molecule is CC(C)(C)c1ccc(N2c3cc4ccccc4c4[c]3[Sb]3[c]5c(cccc5N(c5ccc(C(C)(C)C)cc5)c5[c]3c2cc2ccccc52)N4c2ccc(C(C)(C)C)cc2)cc1. The van der Waals surface area contributed by atoms with Crippen LogP contribution in [-0.4, -0.2) is 20.2 Å². The molecule has 8 aromatic carbocycles. The normalized spacial score (nSPS) is 14.6. The minimum atomic E-state index is -2.86. The fourth-order valence-corrected chi connectivity index (χ4v) is 18.7. The average molecular weight is 889 g/mol. The molecule has 11 rings (SSSR count). The zero-order valence-corrected chi connectivity index (χ0v) is 38.8. The molecule has 0 N–H and O–H groups in total. The molecule has 0 atom stereocenters. The predicted molar refractivity (Wildman–Crippen MR) is 260 cm³/mol. The maximum absolute atomic E-state index is 2.86. The molecule has 0 fully saturated rings. The Morgan fingerprint density at radius 3 is 1.05 bits per heavy atom. The third-order valence-electron chi connectivity index (χ3n) is 13.0. The molecule has 0 saturated heterocycles. The van der Waals surface area contributed by atoms with Gasteiger partial charge in [0.1, 0.15) is 0 Å². The summed E-state index contributed by atoms with van der Waals surface area (Å²) in [6, 6.07) is 58.7. The zero-order valence-electron chi connectivity index (χ0n) is 36.2. The molecular weight excluding hydrogens is 836 g/mol. The van der Waals surface area contributed by atoms with Gasteiger partial charge in [-0.1, -0.05) is 0 Å². The quantitative estimate of drug-likeness (QED) is 0.164. The molecule has 4 heteroatoms. The Hall–Kier alpha value is -5.50. The topological polar surface area (TPSA) is 9.72 Å². The molecule has 0 amide bonds. The van der Waals surface area contributed by atoms with Crippen LogP contribution in [0, 0.1) is 0 Å². The molecule has 3 heterocycles. The van der Waals surface area contributed by atoms with Crippen molar-refractivity contribution >= 4 is 103 Å². The summed E-state index contributed by atoms with van der Waals surface area (Å²) >= 11 is -2.86. The van der Waals surface area contributed by atoms with E-state index in [1.165, 1.54) is 92.9 Å². The standard InChI is InChI=1S/C56H52N3.Sb/c1-54(2,3)40-21-27-43(28-22-40)57-48-33-38-15-10-12-19-50(38)52(36-48)58(44-29-23-41(24-30-44)55(4,5)6)46-17-14-18-47(35-46)59(45-31-25-42(26-32-45)56(7,8)9)53-37-49(57)34-39-16-11-13-20-51(39)53;/h10-34H,1-9H3;. The van der Waals surface area contributed by atoms with Gasteiger partial charge in [0.2, 0.25) is 0 Å². The van der Waals surface area contributed by atoms with Gasteiger partial charge in [0.25, 0.3) is 0 Å². The van der Waals surface area contributed by atoms with E-state index in [1.807, 2.05) is 0 Å². The Balaban J connectivity index is 1.30. The Bertz CT molecular complexity index is 2860. The van der Waals surface area contributed by atoms with Crippen LogP contribution in [0.2, 0.25) is 0 Å². The van der Waals surface area contributed by atoms with Gasteiger partial charge in [-0.15, -0.1) is 0 Å². The van der Waals surface area contributed by atoms with Crippen LogP contribution >= 0.6 is 0 Å². The predicted octanol–water partition coefficient (Wildman–Crippen LogP) is 13.8. The fraction of sp³-hybridized carbons (Fsp3) is 0.214. The first kappa shape index (κ1) is 37.5. The minimum absolute atomic E-state index is 0.0526. The van der Waals surface area contributed by atoms with Crippen molar-refractivity contribution in [2.24, 2.45) is 0 Å². The van der Waals surface area contributed by atoms with Crippen molar-refractivity contribution in [2.45, 2.75) is 78.6 Å². The number of fused-ring (bicyclic) bond motifs is 4. The molecule has 0 saturated carbocycles. The van der Waals surface area contributed by atoms with Gasteiger partial charge in [-0.05, 0) is 0 Å². The van der Waals surface area contributed by atoms with E-state index in [-0.39, 0.29) is 16.2 Å².